The van der Waals surface area contributed by atoms with Crippen LogP contribution in [0.25, 0.3) is 5.69 Å². The molecule has 0 saturated carbocycles. The molecule has 1 N–H and O–H groups in total. The summed E-state index contributed by atoms with van der Waals surface area (Å²) in [6, 6.07) is 19.9. The minimum Gasteiger partial charge on any atom is -0.319 e. The van der Waals surface area contributed by atoms with E-state index in [1.54, 1.807) is 49.0 Å². The zero-order valence-electron chi connectivity index (χ0n) is 19.3. The van der Waals surface area contributed by atoms with E-state index in [1.165, 1.54) is 54.2 Å². The van der Waals surface area contributed by atoms with Crippen LogP contribution >= 0.6 is 0 Å². The van der Waals surface area contributed by atoms with Crippen molar-refractivity contribution in [2.24, 2.45) is 7.05 Å². The minimum atomic E-state index is -4.21. The normalized spacial score (nSPS) is 11.3. The summed E-state index contributed by atoms with van der Waals surface area (Å²) >= 11 is 0. The Bertz CT molecular complexity index is 1580. The average Bonchev–Trinajstić information content (AvgIpc) is 3.08. The summed E-state index contributed by atoms with van der Waals surface area (Å²) in [5, 5.41) is 2.43. The lowest BCUT2D eigenvalue weighted by Crippen LogP contribution is -2.32. The molecule has 0 fully saturated rings. The van der Waals surface area contributed by atoms with E-state index in [-0.39, 0.29) is 21.8 Å². The zero-order chi connectivity index (χ0) is 25.3. The van der Waals surface area contributed by atoms with Crippen molar-refractivity contribution in [1.29, 1.82) is 0 Å². The van der Waals surface area contributed by atoms with E-state index in [2.05, 4.69) is 5.32 Å². The van der Waals surface area contributed by atoms with Gasteiger partial charge in [0.05, 0.1) is 22.0 Å². The molecule has 4 aromatic rings. The molecule has 1 amide bonds. The number of carbonyl (C=O) groups is 1. The van der Waals surface area contributed by atoms with Crippen LogP contribution in [0.1, 0.15) is 16.1 Å². The molecule has 0 spiro atoms. The van der Waals surface area contributed by atoms with Gasteiger partial charge in [0, 0.05) is 19.7 Å². The molecule has 8 nitrogen and oxygen atoms in total. The Hall–Kier alpha value is -4.18. The Kier molecular flexibility index (Phi) is 6.31. The molecule has 0 aliphatic rings. The summed E-state index contributed by atoms with van der Waals surface area (Å²) in [5.41, 5.74) is 0.511. The van der Waals surface area contributed by atoms with E-state index in [9.17, 15) is 22.4 Å². The Morgan fingerprint density at radius 2 is 1.63 bits per heavy atom. The van der Waals surface area contributed by atoms with E-state index >= 15 is 0 Å². The van der Waals surface area contributed by atoms with Gasteiger partial charge in [-0.1, -0.05) is 36.4 Å². The number of anilines is 2. The molecule has 1 heterocycles. The van der Waals surface area contributed by atoms with Crippen LogP contribution in [0, 0.1) is 12.7 Å². The van der Waals surface area contributed by atoms with Gasteiger partial charge in [-0.3, -0.25) is 18.6 Å². The van der Waals surface area contributed by atoms with Crippen LogP contribution in [0.3, 0.4) is 0 Å². The smallest absolute Gasteiger partial charge is 0.296 e. The monoisotopic (exact) mass is 494 g/mol. The number of benzene rings is 3. The number of aromatic nitrogens is 2. The van der Waals surface area contributed by atoms with Crippen LogP contribution in [-0.4, -0.2) is 30.7 Å². The van der Waals surface area contributed by atoms with Gasteiger partial charge in [0.2, 0.25) is 0 Å². The number of rotatable bonds is 6. The van der Waals surface area contributed by atoms with E-state index in [1.807, 2.05) is 6.07 Å². The second kappa shape index (κ2) is 9.22. The molecule has 3 aromatic carbocycles. The lowest BCUT2D eigenvalue weighted by atomic mass is 10.2. The highest BCUT2D eigenvalue weighted by Gasteiger charge is 2.29. The fraction of sp³-hybridized carbons (Fsp3) is 0.120. The number of halogens is 1. The van der Waals surface area contributed by atoms with Gasteiger partial charge in [0.1, 0.15) is 11.5 Å². The summed E-state index contributed by atoms with van der Waals surface area (Å²) in [6.07, 6.45) is 0. The fourth-order valence-corrected chi connectivity index (χ4v) is 5.04. The number of sulfonamides is 1. The Morgan fingerprint density at radius 3 is 2.31 bits per heavy atom. The first-order valence-corrected chi connectivity index (χ1v) is 12.1. The van der Waals surface area contributed by atoms with Crippen molar-refractivity contribution in [3.8, 4) is 5.69 Å². The highest BCUT2D eigenvalue weighted by molar-refractivity contribution is 7.92. The summed E-state index contributed by atoms with van der Waals surface area (Å²) in [7, 11) is -1.25. The van der Waals surface area contributed by atoms with Crippen molar-refractivity contribution in [3.05, 3.63) is 106 Å². The van der Waals surface area contributed by atoms with Crippen molar-refractivity contribution in [3.63, 3.8) is 0 Å². The number of hydrogen-bond acceptors (Lipinski definition) is 4. The van der Waals surface area contributed by atoms with E-state index in [4.69, 9.17) is 0 Å². The second-order valence-electron chi connectivity index (χ2n) is 7.84. The van der Waals surface area contributed by atoms with Gasteiger partial charge < -0.3 is 5.32 Å². The maximum atomic E-state index is 13.9. The maximum absolute atomic E-state index is 13.9. The lowest BCUT2D eigenvalue weighted by molar-refractivity contribution is 0.102. The maximum Gasteiger partial charge on any atom is 0.296 e. The van der Waals surface area contributed by atoms with Gasteiger partial charge >= 0.3 is 0 Å². The third kappa shape index (κ3) is 4.35. The van der Waals surface area contributed by atoms with Gasteiger partial charge in [-0.25, -0.2) is 17.5 Å². The van der Waals surface area contributed by atoms with Crippen molar-refractivity contribution in [2.75, 3.05) is 16.7 Å². The average molecular weight is 495 g/mol. The molecule has 0 radical (unpaired) electrons. The largest absolute Gasteiger partial charge is 0.319 e. The molecule has 0 saturated heterocycles. The number of carbonyl (C=O) groups excluding carboxylic acids is 1. The van der Waals surface area contributed by atoms with Gasteiger partial charge in [0.25, 0.3) is 21.5 Å². The molecule has 0 bridgehead atoms. The van der Waals surface area contributed by atoms with Crippen molar-refractivity contribution in [1.82, 2.24) is 9.36 Å². The molecular formula is C25H23FN4O4S. The van der Waals surface area contributed by atoms with E-state index < -0.39 is 27.3 Å². The highest BCUT2D eigenvalue weighted by Crippen LogP contribution is 2.25. The van der Waals surface area contributed by atoms with Crippen LogP contribution in [0.5, 0.6) is 0 Å². The number of hydrogen-bond donors (Lipinski definition) is 1. The van der Waals surface area contributed by atoms with Crippen LogP contribution in [0.4, 0.5) is 15.8 Å². The molecule has 0 aliphatic carbocycles. The first-order chi connectivity index (χ1) is 16.6. The first-order valence-electron chi connectivity index (χ1n) is 10.6. The molecule has 180 valence electrons. The summed E-state index contributed by atoms with van der Waals surface area (Å²) in [4.78, 5) is 25.7. The quantitative estimate of drug-likeness (QED) is 0.442. The van der Waals surface area contributed by atoms with Gasteiger partial charge in [-0.15, -0.1) is 0 Å². The molecule has 10 heteroatoms. The van der Waals surface area contributed by atoms with Crippen molar-refractivity contribution in [2.45, 2.75) is 11.8 Å². The van der Waals surface area contributed by atoms with Crippen LogP contribution in [0.15, 0.2) is 88.6 Å². The fourth-order valence-electron chi connectivity index (χ4n) is 3.75. The molecule has 0 atom stereocenters. The highest BCUT2D eigenvalue weighted by atomic mass is 32.2. The molecule has 0 unspecified atom stereocenters. The molecule has 1 aromatic heterocycles. The Balaban J connectivity index is 1.70. The van der Waals surface area contributed by atoms with Crippen molar-refractivity contribution < 1.29 is 17.6 Å². The summed E-state index contributed by atoms with van der Waals surface area (Å²) < 4.78 is 44.7. The van der Waals surface area contributed by atoms with Crippen molar-refractivity contribution >= 4 is 27.3 Å². The number of nitrogens with one attached hydrogen (secondary N) is 1. The SMILES string of the molecule is Cc1c(N(C)S(=O)(=O)c2cccc(C(=O)Nc3ccccc3F)c2)c(=O)n(-c2ccccc2)n1C. The first kappa shape index (κ1) is 24.0. The Labute approximate surface area is 201 Å². The molecule has 35 heavy (non-hydrogen) atoms. The van der Waals surface area contributed by atoms with Crippen LogP contribution < -0.4 is 15.2 Å². The summed E-state index contributed by atoms with van der Waals surface area (Å²) in [6.45, 7) is 1.65. The summed E-state index contributed by atoms with van der Waals surface area (Å²) in [5.74, 6) is -1.28. The van der Waals surface area contributed by atoms with E-state index in [0.717, 1.165) is 4.31 Å². The van der Waals surface area contributed by atoms with Crippen LogP contribution in [0.2, 0.25) is 0 Å². The topological polar surface area (TPSA) is 93.4 Å². The predicted octanol–water partition coefficient (Wildman–Crippen LogP) is 3.70. The molecular weight excluding hydrogens is 471 g/mol. The third-order valence-corrected chi connectivity index (χ3v) is 7.47. The number of amides is 1. The molecule has 4 rings (SSSR count). The predicted molar refractivity (Wildman–Crippen MR) is 132 cm³/mol. The zero-order valence-corrected chi connectivity index (χ0v) is 20.1. The standard InChI is InChI=1S/C25H23FN4O4S/c1-17-23(25(32)30(28(17)2)19-11-5-4-6-12-19)29(3)35(33,34)20-13-9-10-18(16-20)24(31)27-22-15-8-7-14-21(22)26/h4-16H,1-3H3,(H,27,31). The van der Waals surface area contributed by atoms with E-state index in [0.29, 0.717) is 11.4 Å². The van der Waals surface area contributed by atoms with Gasteiger partial charge in [-0.05, 0) is 49.4 Å². The van der Waals surface area contributed by atoms with Gasteiger partial charge in [-0.2, -0.15) is 0 Å². The second-order valence-corrected chi connectivity index (χ2v) is 9.81. The molecule has 0 aliphatic heterocycles. The third-order valence-electron chi connectivity index (χ3n) is 5.72. The van der Waals surface area contributed by atoms with Crippen LogP contribution in [-0.2, 0) is 17.1 Å². The van der Waals surface area contributed by atoms with Gasteiger partial charge in [0.15, 0.2) is 0 Å². The minimum absolute atomic E-state index is 0.0161. The number of para-hydroxylation sites is 2. The lowest BCUT2D eigenvalue weighted by Gasteiger charge is -2.18. The Morgan fingerprint density at radius 1 is 0.971 bits per heavy atom. The number of nitrogens with zero attached hydrogens (tertiary/aromatic N) is 3.